The first-order chi connectivity index (χ1) is 4.34. The minimum atomic E-state index is 1.17. The Morgan fingerprint density at radius 1 is 1.44 bits per heavy atom. The van der Waals surface area contributed by atoms with Crippen LogP contribution in [0.2, 0.25) is 0 Å². The highest BCUT2D eigenvalue weighted by molar-refractivity contribution is 5.82. The number of piperidine rings is 1. The SMILES string of the molecule is C/N=C1\CCCCN1C. The molecule has 1 rings (SSSR count). The summed E-state index contributed by atoms with van der Waals surface area (Å²) in [5, 5.41) is 0. The number of likely N-dealkylation sites (tertiary alicyclic amines) is 1. The molecule has 1 fully saturated rings. The lowest BCUT2D eigenvalue weighted by Gasteiger charge is -2.25. The smallest absolute Gasteiger partial charge is 0.0982 e. The van der Waals surface area contributed by atoms with Crippen molar-refractivity contribution in [2.45, 2.75) is 19.3 Å². The highest BCUT2D eigenvalue weighted by Gasteiger charge is 2.09. The third-order valence-corrected chi connectivity index (χ3v) is 1.84. The molecule has 1 aliphatic rings. The van der Waals surface area contributed by atoms with Crippen molar-refractivity contribution in [3.05, 3.63) is 0 Å². The van der Waals surface area contributed by atoms with E-state index in [1.807, 2.05) is 7.05 Å². The van der Waals surface area contributed by atoms with E-state index in [1.165, 1.54) is 31.6 Å². The van der Waals surface area contributed by atoms with Crippen LogP contribution in [-0.2, 0) is 0 Å². The zero-order valence-corrected chi connectivity index (χ0v) is 6.22. The van der Waals surface area contributed by atoms with Gasteiger partial charge in [-0.25, -0.2) is 0 Å². The van der Waals surface area contributed by atoms with Crippen molar-refractivity contribution < 1.29 is 0 Å². The molecule has 0 N–H and O–H groups in total. The van der Waals surface area contributed by atoms with Gasteiger partial charge in [-0.05, 0) is 12.8 Å². The predicted molar refractivity (Wildman–Crippen MR) is 39.8 cm³/mol. The predicted octanol–water partition coefficient (Wildman–Crippen LogP) is 1.13. The van der Waals surface area contributed by atoms with E-state index in [4.69, 9.17) is 0 Å². The molecule has 0 aromatic rings. The highest BCUT2D eigenvalue weighted by atomic mass is 15.2. The van der Waals surface area contributed by atoms with Gasteiger partial charge in [-0.2, -0.15) is 0 Å². The maximum absolute atomic E-state index is 4.17. The molecule has 0 aromatic carbocycles. The Balaban J connectivity index is 2.49. The van der Waals surface area contributed by atoms with Gasteiger partial charge in [0, 0.05) is 27.1 Å². The van der Waals surface area contributed by atoms with Crippen LogP contribution in [0.25, 0.3) is 0 Å². The monoisotopic (exact) mass is 126 g/mol. The fraction of sp³-hybridized carbons (Fsp3) is 0.857. The van der Waals surface area contributed by atoms with Gasteiger partial charge >= 0.3 is 0 Å². The van der Waals surface area contributed by atoms with Gasteiger partial charge in [-0.3, -0.25) is 4.99 Å². The quantitative estimate of drug-likeness (QED) is 0.475. The lowest BCUT2D eigenvalue weighted by molar-refractivity contribution is 0.433. The summed E-state index contributed by atoms with van der Waals surface area (Å²) in [6.45, 7) is 1.19. The summed E-state index contributed by atoms with van der Waals surface area (Å²) < 4.78 is 0. The van der Waals surface area contributed by atoms with Crippen LogP contribution in [0.15, 0.2) is 4.99 Å². The summed E-state index contributed by atoms with van der Waals surface area (Å²) in [4.78, 5) is 6.41. The number of nitrogens with zero attached hydrogens (tertiary/aromatic N) is 2. The van der Waals surface area contributed by atoms with Crippen molar-refractivity contribution in [1.29, 1.82) is 0 Å². The molecule has 0 aliphatic carbocycles. The second-order valence-corrected chi connectivity index (χ2v) is 2.52. The Kier molecular flexibility index (Phi) is 2.09. The van der Waals surface area contributed by atoms with Crippen molar-refractivity contribution in [1.82, 2.24) is 4.90 Å². The van der Waals surface area contributed by atoms with Gasteiger partial charge in [0.05, 0.1) is 5.84 Å². The molecule has 0 aromatic heterocycles. The first-order valence-corrected chi connectivity index (χ1v) is 3.51. The van der Waals surface area contributed by atoms with Crippen LogP contribution in [0.3, 0.4) is 0 Å². The molecular weight excluding hydrogens is 112 g/mol. The molecule has 0 spiro atoms. The average Bonchev–Trinajstić information content (AvgIpc) is 1.89. The largest absolute Gasteiger partial charge is 0.363 e. The summed E-state index contributed by atoms with van der Waals surface area (Å²) >= 11 is 0. The lowest BCUT2D eigenvalue weighted by atomic mass is 10.1. The van der Waals surface area contributed by atoms with E-state index in [9.17, 15) is 0 Å². The molecule has 0 radical (unpaired) electrons. The van der Waals surface area contributed by atoms with Crippen LogP contribution in [0.4, 0.5) is 0 Å². The van der Waals surface area contributed by atoms with Crippen LogP contribution < -0.4 is 0 Å². The molecule has 0 amide bonds. The number of rotatable bonds is 0. The molecule has 2 nitrogen and oxygen atoms in total. The summed E-state index contributed by atoms with van der Waals surface area (Å²) in [5.74, 6) is 1.27. The fourth-order valence-corrected chi connectivity index (χ4v) is 1.23. The first kappa shape index (κ1) is 6.59. The molecule has 1 saturated heterocycles. The minimum absolute atomic E-state index is 1.17. The minimum Gasteiger partial charge on any atom is -0.363 e. The fourth-order valence-electron chi connectivity index (χ4n) is 1.23. The second kappa shape index (κ2) is 2.85. The highest BCUT2D eigenvalue weighted by Crippen LogP contribution is 2.08. The standard InChI is InChI=1S/C7H14N2/c1-8-7-5-3-4-6-9(7)2/h3-6H2,1-2H3/b8-7+. The van der Waals surface area contributed by atoms with Crippen LogP contribution in [0.5, 0.6) is 0 Å². The molecule has 0 bridgehead atoms. The first-order valence-electron chi connectivity index (χ1n) is 3.51. The molecule has 1 heterocycles. The molecule has 52 valence electrons. The zero-order chi connectivity index (χ0) is 6.69. The summed E-state index contributed by atoms with van der Waals surface area (Å²) in [5.41, 5.74) is 0. The molecule has 0 unspecified atom stereocenters. The van der Waals surface area contributed by atoms with Crippen LogP contribution in [0, 0.1) is 0 Å². The maximum Gasteiger partial charge on any atom is 0.0982 e. The van der Waals surface area contributed by atoms with Crippen LogP contribution in [0.1, 0.15) is 19.3 Å². The second-order valence-electron chi connectivity index (χ2n) is 2.52. The summed E-state index contributed by atoms with van der Waals surface area (Å²) in [6, 6.07) is 0. The van der Waals surface area contributed by atoms with Gasteiger partial charge < -0.3 is 4.90 Å². The number of hydrogen-bond acceptors (Lipinski definition) is 1. The van der Waals surface area contributed by atoms with E-state index in [1.54, 1.807) is 0 Å². The number of hydrogen-bond donors (Lipinski definition) is 0. The number of amidine groups is 1. The average molecular weight is 126 g/mol. The van der Waals surface area contributed by atoms with Crippen molar-refractivity contribution in [2.75, 3.05) is 20.6 Å². The van der Waals surface area contributed by atoms with E-state index >= 15 is 0 Å². The van der Waals surface area contributed by atoms with E-state index in [2.05, 4.69) is 16.9 Å². The van der Waals surface area contributed by atoms with Crippen molar-refractivity contribution in [2.24, 2.45) is 4.99 Å². The summed E-state index contributed by atoms with van der Waals surface area (Å²) in [7, 11) is 3.98. The maximum atomic E-state index is 4.17. The van der Waals surface area contributed by atoms with Crippen molar-refractivity contribution in [3.8, 4) is 0 Å². The van der Waals surface area contributed by atoms with Crippen LogP contribution >= 0.6 is 0 Å². The molecule has 1 aliphatic heterocycles. The molecule has 0 atom stereocenters. The molecule has 0 saturated carbocycles. The Hall–Kier alpha value is -0.530. The van der Waals surface area contributed by atoms with Crippen molar-refractivity contribution in [3.63, 3.8) is 0 Å². The Labute approximate surface area is 56.6 Å². The molecule has 9 heavy (non-hydrogen) atoms. The summed E-state index contributed by atoms with van der Waals surface area (Å²) in [6.07, 6.45) is 3.82. The topological polar surface area (TPSA) is 15.6 Å². The Morgan fingerprint density at radius 2 is 2.22 bits per heavy atom. The molecule has 2 heteroatoms. The Bertz CT molecular complexity index is 118. The Morgan fingerprint density at radius 3 is 2.67 bits per heavy atom. The molecular formula is C7H14N2. The van der Waals surface area contributed by atoms with Gasteiger partial charge in [0.15, 0.2) is 0 Å². The van der Waals surface area contributed by atoms with Gasteiger partial charge in [-0.15, -0.1) is 0 Å². The normalized spacial score (nSPS) is 25.1. The van der Waals surface area contributed by atoms with Gasteiger partial charge in [0.1, 0.15) is 0 Å². The van der Waals surface area contributed by atoms with Gasteiger partial charge in [0.25, 0.3) is 0 Å². The van der Waals surface area contributed by atoms with Gasteiger partial charge in [-0.1, -0.05) is 0 Å². The van der Waals surface area contributed by atoms with E-state index in [0.29, 0.717) is 0 Å². The third kappa shape index (κ3) is 1.44. The van der Waals surface area contributed by atoms with E-state index in [0.717, 1.165) is 0 Å². The van der Waals surface area contributed by atoms with E-state index < -0.39 is 0 Å². The number of aliphatic imine (C=N–C) groups is 1. The zero-order valence-electron chi connectivity index (χ0n) is 6.22. The lowest BCUT2D eigenvalue weighted by Crippen LogP contribution is -2.31. The van der Waals surface area contributed by atoms with Crippen molar-refractivity contribution >= 4 is 5.84 Å². The van der Waals surface area contributed by atoms with Gasteiger partial charge in [0.2, 0.25) is 0 Å². The van der Waals surface area contributed by atoms with E-state index in [-0.39, 0.29) is 0 Å². The third-order valence-electron chi connectivity index (χ3n) is 1.84. The van der Waals surface area contributed by atoms with Crippen LogP contribution in [-0.4, -0.2) is 31.4 Å².